The molecule has 2 aromatic rings. The first-order valence-electron chi connectivity index (χ1n) is 5.03. The number of halogens is 1. The van der Waals surface area contributed by atoms with Gasteiger partial charge in [0.2, 0.25) is 5.95 Å². The summed E-state index contributed by atoms with van der Waals surface area (Å²) < 4.78 is 2.41. The Balaban J connectivity index is 2.27. The van der Waals surface area contributed by atoms with Crippen LogP contribution in [0.4, 0.5) is 5.95 Å². The number of carboxylic acid groups (broad SMARTS) is 1. The predicted octanol–water partition coefficient (Wildman–Crippen LogP) is 0.946. The number of anilines is 1. The Morgan fingerprint density at radius 3 is 3.00 bits per heavy atom. The van der Waals surface area contributed by atoms with Crippen LogP contribution in [0, 0.1) is 0 Å². The lowest BCUT2D eigenvalue weighted by Gasteiger charge is -2.14. The lowest BCUT2D eigenvalue weighted by Crippen LogP contribution is -2.27. The third-order valence-corrected chi connectivity index (χ3v) is 2.54. The van der Waals surface area contributed by atoms with E-state index in [1.807, 2.05) is 0 Å². The Morgan fingerprint density at radius 1 is 1.61 bits per heavy atom. The van der Waals surface area contributed by atoms with Crippen LogP contribution in [0.15, 0.2) is 29.1 Å². The highest BCUT2D eigenvalue weighted by Gasteiger charge is 2.10. The van der Waals surface area contributed by atoms with Crippen LogP contribution in [0.5, 0.6) is 0 Å². The monoisotopic (exact) mass is 311 g/mol. The number of carboxylic acids is 1. The molecule has 0 spiro atoms. The maximum atomic E-state index is 10.6. The van der Waals surface area contributed by atoms with E-state index in [9.17, 15) is 4.79 Å². The van der Waals surface area contributed by atoms with Gasteiger partial charge in [-0.3, -0.25) is 4.79 Å². The average molecular weight is 312 g/mol. The number of hydrogen-bond donors (Lipinski definition) is 1. The van der Waals surface area contributed by atoms with E-state index in [4.69, 9.17) is 5.11 Å². The zero-order chi connectivity index (χ0) is 13.1. The van der Waals surface area contributed by atoms with Gasteiger partial charge < -0.3 is 10.0 Å². The molecule has 0 aliphatic carbocycles. The lowest BCUT2D eigenvalue weighted by atomic mass is 10.5. The van der Waals surface area contributed by atoms with E-state index in [0.29, 0.717) is 11.8 Å². The van der Waals surface area contributed by atoms with Gasteiger partial charge in [0.05, 0.1) is 10.7 Å². The molecule has 2 rings (SSSR count). The molecular weight excluding hydrogens is 302 g/mol. The second-order valence-corrected chi connectivity index (χ2v) is 4.48. The zero-order valence-electron chi connectivity index (χ0n) is 9.49. The highest BCUT2D eigenvalue weighted by atomic mass is 79.9. The Hall–Kier alpha value is -1.96. The van der Waals surface area contributed by atoms with Crippen LogP contribution < -0.4 is 4.90 Å². The number of aliphatic carboxylic acids is 1. The van der Waals surface area contributed by atoms with Crippen molar-refractivity contribution in [1.82, 2.24) is 19.7 Å². The van der Waals surface area contributed by atoms with Gasteiger partial charge in [-0.05, 0) is 15.9 Å². The molecule has 0 radical (unpaired) electrons. The summed E-state index contributed by atoms with van der Waals surface area (Å²) in [6.45, 7) is -0.160. The Labute approximate surface area is 111 Å². The van der Waals surface area contributed by atoms with Crippen molar-refractivity contribution in [3.63, 3.8) is 0 Å². The number of likely N-dealkylation sites (N-methyl/N-ethyl adjacent to an activating group) is 1. The summed E-state index contributed by atoms with van der Waals surface area (Å²) in [4.78, 5) is 20.3. The molecule has 0 amide bonds. The Morgan fingerprint density at radius 2 is 2.39 bits per heavy atom. The third-order valence-electron chi connectivity index (χ3n) is 2.13. The molecule has 0 fully saturated rings. The van der Waals surface area contributed by atoms with Crippen molar-refractivity contribution in [2.24, 2.45) is 0 Å². The maximum absolute atomic E-state index is 10.6. The molecular formula is C10H10BrN5O2. The van der Waals surface area contributed by atoms with Crippen LogP contribution in [0.3, 0.4) is 0 Å². The Kier molecular flexibility index (Phi) is 3.56. The third kappa shape index (κ3) is 2.83. The Bertz CT molecular complexity index is 571. The topological polar surface area (TPSA) is 84.1 Å². The molecule has 18 heavy (non-hydrogen) atoms. The van der Waals surface area contributed by atoms with Gasteiger partial charge in [0.25, 0.3) is 0 Å². The molecule has 0 atom stereocenters. The van der Waals surface area contributed by atoms with E-state index in [0.717, 1.165) is 4.47 Å². The number of hydrogen-bond acceptors (Lipinski definition) is 5. The normalized spacial score (nSPS) is 10.3. The van der Waals surface area contributed by atoms with Crippen molar-refractivity contribution in [3.8, 4) is 5.82 Å². The van der Waals surface area contributed by atoms with E-state index in [-0.39, 0.29) is 6.54 Å². The largest absolute Gasteiger partial charge is 0.480 e. The highest BCUT2D eigenvalue weighted by Crippen LogP contribution is 2.12. The lowest BCUT2D eigenvalue weighted by molar-refractivity contribution is -0.135. The molecule has 94 valence electrons. The van der Waals surface area contributed by atoms with Crippen LogP contribution in [-0.4, -0.2) is 44.4 Å². The van der Waals surface area contributed by atoms with Gasteiger partial charge in [0.15, 0.2) is 5.82 Å². The van der Waals surface area contributed by atoms with Crippen molar-refractivity contribution in [1.29, 1.82) is 0 Å². The van der Waals surface area contributed by atoms with E-state index in [2.05, 4.69) is 31.0 Å². The smallest absolute Gasteiger partial charge is 0.323 e. The maximum Gasteiger partial charge on any atom is 0.323 e. The molecule has 0 aromatic carbocycles. The van der Waals surface area contributed by atoms with Crippen LogP contribution in [0.2, 0.25) is 0 Å². The fraction of sp³-hybridized carbons (Fsp3) is 0.200. The van der Waals surface area contributed by atoms with Crippen molar-refractivity contribution in [2.75, 3.05) is 18.5 Å². The standard InChI is InChI=1S/C10H10BrN5O2/c1-15(6-9(17)18)10-12-3-2-8(14-10)16-5-7(11)4-13-16/h2-5H,6H2,1H3,(H,17,18). The minimum Gasteiger partial charge on any atom is -0.480 e. The fourth-order valence-electron chi connectivity index (χ4n) is 1.35. The van der Waals surface area contributed by atoms with E-state index < -0.39 is 5.97 Å². The molecule has 7 nitrogen and oxygen atoms in total. The van der Waals surface area contributed by atoms with E-state index in [1.54, 1.807) is 36.4 Å². The zero-order valence-corrected chi connectivity index (χ0v) is 11.1. The summed E-state index contributed by atoms with van der Waals surface area (Å²) in [5, 5.41) is 12.8. The second-order valence-electron chi connectivity index (χ2n) is 3.57. The van der Waals surface area contributed by atoms with Gasteiger partial charge in [-0.25, -0.2) is 9.67 Å². The molecule has 2 aromatic heterocycles. The first-order chi connectivity index (χ1) is 8.56. The van der Waals surface area contributed by atoms with Crippen LogP contribution in [0.25, 0.3) is 5.82 Å². The van der Waals surface area contributed by atoms with Crippen molar-refractivity contribution >= 4 is 27.8 Å². The molecule has 8 heteroatoms. The minimum atomic E-state index is -0.937. The van der Waals surface area contributed by atoms with Gasteiger partial charge in [0, 0.05) is 25.5 Å². The highest BCUT2D eigenvalue weighted by molar-refractivity contribution is 9.10. The second kappa shape index (κ2) is 5.13. The molecule has 0 aliphatic rings. The van der Waals surface area contributed by atoms with Gasteiger partial charge >= 0.3 is 5.97 Å². The molecule has 0 bridgehead atoms. The number of rotatable bonds is 4. The fourth-order valence-corrected chi connectivity index (χ4v) is 1.64. The first-order valence-corrected chi connectivity index (χ1v) is 5.82. The quantitative estimate of drug-likeness (QED) is 0.905. The van der Waals surface area contributed by atoms with Gasteiger partial charge in [-0.2, -0.15) is 10.1 Å². The number of nitrogens with zero attached hydrogens (tertiary/aromatic N) is 5. The van der Waals surface area contributed by atoms with E-state index >= 15 is 0 Å². The molecule has 0 saturated carbocycles. The van der Waals surface area contributed by atoms with Crippen LogP contribution >= 0.6 is 15.9 Å². The SMILES string of the molecule is CN(CC(=O)O)c1nccc(-n2cc(Br)cn2)n1. The van der Waals surface area contributed by atoms with Gasteiger partial charge in [0.1, 0.15) is 6.54 Å². The van der Waals surface area contributed by atoms with Crippen molar-refractivity contribution < 1.29 is 9.90 Å². The van der Waals surface area contributed by atoms with Crippen LogP contribution in [-0.2, 0) is 4.79 Å². The van der Waals surface area contributed by atoms with Crippen molar-refractivity contribution in [2.45, 2.75) is 0 Å². The number of aromatic nitrogens is 4. The predicted molar refractivity (Wildman–Crippen MR) is 67.8 cm³/mol. The summed E-state index contributed by atoms with van der Waals surface area (Å²) in [6.07, 6.45) is 4.96. The minimum absolute atomic E-state index is 0.160. The summed E-state index contributed by atoms with van der Waals surface area (Å²) >= 11 is 3.29. The van der Waals surface area contributed by atoms with Crippen molar-refractivity contribution in [3.05, 3.63) is 29.1 Å². The molecule has 0 aliphatic heterocycles. The van der Waals surface area contributed by atoms with Gasteiger partial charge in [-0.15, -0.1) is 0 Å². The first kappa shape index (κ1) is 12.5. The summed E-state index contributed by atoms with van der Waals surface area (Å²) in [5.41, 5.74) is 0. The number of carbonyl (C=O) groups is 1. The summed E-state index contributed by atoms with van der Waals surface area (Å²) in [5.74, 6) is -0.0298. The molecule has 2 heterocycles. The summed E-state index contributed by atoms with van der Waals surface area (Å²) in [6, 6.07) is 1.69. The molecule has 1 N–H and O–H groups in total. The van der Waals surface area contributed by atoms with Crippen LogP contribution in [0.1, 0.15) is 0 Å². The average Bonchev–Trinajstić information content (AvgIpc) is 2.75. The summed E-state index contributed by atoms with van der Waals surface area (Å²) in [7, 11) is 1.62. The van der Waals surface area contributed by atoms with Gasteiger partial charge in [-0.1, -0.05) is 0 Å². The van der Waals surface area contributed by atoms with E-state index in [1.165, 1.54) is 4.90 Å². The molecule has 0 saturated heterocycles. The molecule has 0 unspecified atom stereocenters.